The van der Waals surface area contributed by atoms with Crippen molar-refractivity contribution in [3.8, 4) is 11.5 Å². The second-order valence-electron chi connectivity index (χ2n) is 8.22. The highest BCUT2D eigenvalue weighted by Crippen LogP contribution is 2.23. The molecule has 0 spiro atoms. The molecule has 0 aliphatic carbocycles. The van der Waals surface area contributed by atoms with Crippen LogP contribution in [0.1, 0.15) is 16.8 Å². The number of rotatable bonds is 12. The fraction of sp³-hybridized carbons (Fsp3) is 0.179. The van der Waals surface area contributed by atoms with Crippen molar-refractivity contribution < 1.29 is 19.1 Å². The predicted molar refractivity (Wildman–Crippen MR) is 137 cm³/mol. The lowest BCUT2D eigenvalue weighted by atomic mass is 10.0. The number of halogens is 1. The van der Waals surface area contributed by atoms with Crippen LogP contribution < -0.4 is 10.1 Å². The summed E-state index contributed by atoms with van der Waals surface area (Å²) in [6, 6.07) is 23.2. The highest BCUT2D eigenvalue weighted by molar-refractivity contribution is 6.30. The molecule has 1 atom stereocenters. The van der Waals surface area contributed by atoms with Crippen LogP contribution in [0, 0.1) is 0 Å². The molecular formula is C28H26ClN3O4. The van der Waals surface area contributed by atoms with Crippen molar-refractivity contribution in [2.24, 2.45) is 0 Å². The van der Waals surface area contributed by atoms with E-state index in [2.05, 4.69) is 15.3 Å². The first-order valence-electron chi connectivity index (χ1n) is 11.5. The van der Waals surface area contributed by atoms with E-state index in [4.69, 9.17) is 21.1 Å². The van der Waals surface area contributed by atoms with Crippen molar-refractivity contribution in [2.75, 3.05) is 6.61 Å². The Hall–Kier alpha value is -3.94. The number of H-pyrrole nitrogens is 1. The van der Waals surface area contributed by atoms with Crippen LogP contribution in [0.2, 0.25) is 5.02 Å². The number of nitrogens with one attached hydrogen (secondary N) is 2. The van der Waals surface area contributed by atoms with E-state index in [1.165, 1.54) is 6.33 Å². The number of imidazole rings is 1. The number of nitrogens with zero attached hydrogens (tertiary/aromatic N) is 1. The van der Waals surface area contributed by atoms with E-state index in [0.717, 1.165) is 11.1 Å². The number of hydrogen-bond acceptors (Lipinski definition) is 5. The van der Waals surface area contributed by atoms with E-state index in [1.807, 2.05) is 42.5 Å². The number of carbonyl (C=O) groups is 2. The average molecular weight is 504 g/mol. The van der Waals surface area contributed by atoms with Crippen LogP contribution in [-0.2, 0) is 33.8 Å². The van der Waals surface area contributed by atoms with Crippen LogP contribution in [-0.4, -0.2) is 34.3 Å². The van der Waals surface area contributed by atoms with Gasteiger partial charge in [0, 0.05) is 23.3 Å². The van der Waals surface area contributed by atoms with Crippen LogP contribution in [0.25, 0.3) is 0 Å². The SMILES string of the molecule is O=C(Cc1cnc[nH]1)N[C@@H](COCc1ccccc1)C(=O)Cc1ccc(Oc2ccc(Cl)cc2)cc1. The number of amides is 1. The normalized spacial score (nSPS) is 11.6. The Kier molecular flexibility index (Phi) is 8.86. The van der Waals surface area contributed by atoms with E-state index in [9.17, 15) is 9.59 Å². The Labute approximate surface area is 214 Å². The van der Waals surface area contributed by atoms with Crippen LogP contribution in [0.3, 0.4) is 0 Å². The highest BCUT2D eigenvalue weighted by atomic mass is 35.5. The van der Waals surface area contributed by atoms with Gasteiger partial charge in [-0.1, -0.05) is 54.1 Å². The molecule has 184 valence electrons. The van der Waals surface area contributed by atoms with E-state index in [-0.39, 0.29) is 31.1 Å². The molecule has 1 aromatic heterocycles. The number of ketones is 1. The van der Waals surface area contributed by atoms with Gasteiger partial charge in [0.2, 0.25) is 5.91 Å². The van der Waals surface area contributed by atoms with E-state index in [1.54, 1.807) is 42.6 Å². The van der Waals surface area contributed by atoms with Crippen LogP contribution in [0.5, 0.6) is 11.5 Å². The summed E-state index contributed by atoms with van der Waals surface area (Å²) in [5.41, 5.74) is 2.46. The van der Waals surface area contributed by atoms with E-state index >= 15 is 0 Å². The Balaban J connectivity index is 1.36. The lowest BCUT2D eigenvalue weighted by Crippen LogP contribution is -2.45. The number of aromatic amines is 1. The summed E-state index contributed by atoms with van der Waals surface area (Å²) in [4.78, 5) is 32.5. The Morgan fingerprint density at radius 1 is 0.889 bits per heavy atom. The number of hydrogen-bond donors (Lipinski definition) is 2. The molecule has 0 bridgehead atoms. The first-order valence-corrected chi connectivity index (χ1v) is 11.9. The summed E-state index contributed by atoms with van der Waals surface area (Å²) in [5.74, 6) is 0.878. The third-order valence-electron chi connectivity index (χ3n) is 5.38. The summed E-state index contributed by atoms with van der Waals surface area (Å²) >= 11 is 5.91. The molecule has 0 fully saturated rings. The Morgan fingerprint density at radius 3 is 2.25 bits per heavy atom. The molecule has 1 amide bonds. The molecule has 4 aromatic rings. The largest absolute Gasteiger partial charge is 0.457 e. The second kappa shape index (κ2) is 12.7. The van der Waals surface area contributed by atoms with Crippen LogP contribution >= 0.6 is 11.6 Å². The van der Waals surface area contributed by atoms with Crippen molar-refractivity contribution in [2.45, 2.75) is 25.5 Å². The van der Waals surface area contributed by atoms with Crippen molar-refractivity contribution in [3.05, 3.63) is 113 Å². The number of Topliss-reactive ketones (excluding diaryl/α,β-unsaturated/α-hetero) is 1. The fourth-order valence-corrected chi connectivity index (χ4v) is 3.65. The molecule has 0 aliphatic rings. The number of carbonyl (C=O) groups excluding carboxylic acids is 2. The smallest absolute Gasteiger partial charge is 0.226 e. The molecule has 8 heteroatoms. The molecule has 36 heavy (non-hydrogen) atoms. The van der Waals surface area contributed by atoms with Gasteiger partial charge in [0.25, 0.3) is 0 Å². The zero-order valence-electron chi connectivity index (χ0n) is 19.5. The number of benzene rings is 3. The van der Waals surface area contributed by atoms with Crippen molar-refractivity contribution in [1.82, 2.24) is 15.3 Å². The molecule has 2 N–H and O–H groups in total. The molecule has 0 unspecified atom stereocenters. The van der Waals surface area contributed by atoms with Gasteiger partial charge < -0.3 is 19.8 Å². The lowest BCUT2D eigenvalue weighted by molar-refractivity contribution is -0.128. The summed E-state index contributed by atoms with van der Waals surface area (Å²) < 4.78 is 11.6. The maximum absolute atomic E-state index is 13.1. The van der Waals surface area contributed by atoms with Crippen LogP contribution in [0.4, 0.5) is 0 Å². The van der Waals surface area contributed by atoms with Gasteiger partial charge in [0.15, 0.2) is 5.78 Å². The van der Waals surface area contributed by atoms with Gasteiger partial charge in [-0.3, -0.25) is 9.59 Å². The van der Waals surface area contributed by atoms with Gasteiger partial charge >= 0.3 is 0 Å². The highest BCUT2D eigenvalue weighted by Gasteiger charge is 2.22. The van der Waals surface area contributed by atoms with Gasteiger partial charge in [-0.25, -0.2) is 4.98 Å². The van der Waals surface area contributed by atoms with Gasteiger partial charge in [0.1, 0.15) is 17.5 Å². The summed E-state index contributed by atoms with van der Waals surface area (Å²) in [6.07, 6.45) is 3.33. The Bertz CT molecular complexity index is 1240. The molecular weight excluding hydrogens is 478 g/mol. The molecule has 3 aromatic carbocycles. The molecule has 0 aliphatic heterocycles. The topological polar surface area (TPSA) is 93.3 Å². The summed E-state index contributed by atoms with van der Waals surface area (Å²) in [7, 11) is 0. The van der Waals surface area contributed by atoms with Gasteiger partial charge in [-0.2, -0.15) is 0 Å². The minimum atomic E-state index is -0.783. The van der Waals surface area contributed by atoms with Gasteiger partial charge in [-0.15, -0.1) is 0 Å². The van der Waals surface area contributed by atoms with Gasteiger partial charge in [-0.05, 0) is 47.5 Å². The first kappa shape index (κ1) is 25.2. The number of aromatic nitrogens is 2. The van der Waals surface area contributed by atoms with Crippen molar-refractivity contribution >= 4 is 23.3 Å². The van der Waals surface area contributed by atoms with Gasteiger partial charge in [0.05, 0.1) is 26.0 Å². The third-order valence-corrected chi connectivity index (χ3v) is 5.63. The summed E-state index contributed by atoms with van der Waals surface area (Å²) in [5, 5.41) is 3.45. The maximum Gasteiger partial charge on any atom is 0.226 e. The Morgan fingerprint density at radius 2 is 1.58 bits per heavy atom. The first-order chi connectivity index (χ1) is 17.5. The predicted octanol–water partition coefficient (Wildman–Crippen LogP) is 4.91. The average Bonchev–Trinajstić information content (AvgIpc) is 3.39. The van der Waals surface area contributed by atoms with Crippen molar-refractivity contribution in [3.63, 3.8) is 0 Å². The minimum Gasteiger partial charge on any atom is -0.457 e. The zero-order chi connectivity index (χ0) is 25.2. The molecule has 4 rings (SSSR count). The molecule has 0 radical (unpaired) electrons. The lowest BCUT2D eigenvalue weighted by Gasteiger charge is -2.18. The fourth-order valence-electron chi connectivity index (χ4n) is 3.52. The van der Waals surface area contributed by atoms with Crippen molar-refractivity contribution in [1.29, 1.82) is 0 Å². The summed E-state index contributed by atoms with van der Waals surface area (Å²) in [6.45, 7) is 0.415. The molecule has 7 nitrogen and oxygen atoms in total. The quantitative estimate of drug-likeness (QED) is 0.286. The molecule has 1 heterocycles. The van der Waals surface area contributed by atoms with E-state index in [0.29, 0.717) is 28.8 Å². The second-order valence-corrected chi connectivity index (χ2v) is 8.65. The monoisotopic (exact) mass is 503 g/mol. The zero-order valence-corrected chi connectivity index (χ0v) is 20.3. The molecule has 0 saturated heterocycles. The van der Waals surface area contributed by atoms with E-state index < -0.39 is 6.04 Å². The third kappa shape index (κ3) is 7.80. The standard InChI is InChI=1S/C28H26ClN3O4/c29-22-8-12-25(13-9-22)36-24-10-6-20(7-11-24)14-27(33)26(18-35-17-21-4-2-1-3-5-21)32-28(34)15-23-16-30-19-31-23/h1-13,16,19,26H,14-15,17-18H2,(H,30,31)(H,32,34)/t26-/m0/s1. The molecule has 0 saturated carbocycles. The minimum absolute atomic E-state index is 0.0696. The maximum atomic E-state index is 13.1. The number of ether oxygens (including phenoxy) is 2. The van der Waals surface area contributed by atoms with Crippen LogP contribution in [0.15, 0.2) is 91.4 Å².